The molecule has 17 rings (SSSR count). The molecule has 1 aliphatic heterocycles. The van der Waals surface area contributed by atoms with Crippen LogP contribution in [0.5, 0.6) is 0 Å². The molecule has 23 nitrogen and oxygen atoms in total. The van der Waals surface area contributed by atoms with Gasteiger partial charge in [0.1, 0.15) is 29.1 Å². The van der Waals surface area contributed by atoms with Gasteiger partial charge in [0.2, 0.25) is 17.7 Å². The zero-order valence-corrected chi connectivity index (χ0v) is 57.6. The summed E-state index contributed by atoms with van der Waals surface area (Å²) < 4.78 is 5.29. The molecule has 3 saturated carbocycles. The molecule has 6 atom stereocenters. The van der Waals surface area contributed by atoms with E-state index in [1.807, 2.05) is 132 Å². The predicted molar refractivity (Wildman–Crippen MR) is 403 cm³/mol. The highest BCUT2D eigenvalue weighted by Gasteiger charge is 2.47. The molecule has 103 heavy (non-hydrogen) atoms. The maximum Gasteiger partial charge on any atom is 0.229 e. The first-order chi connectivity index (χ1) is 50.0. The van der Waals surface area contributed by atoms with E-state index in [4.69, 9.17) is 37.1 Å². The van der Waals surface area contributed by atoms with Crippen molar-refractivity contribution in [2.24, 2.45) is 38.9 Å². The molecule has 13 aromatic rings. The molecule has 0 bridgehead atoms. The predicted octanol–water partition coefficient (Wildman–Crippen LogP) is 13.0. The maximum atomic E-state index is 13.8. The van der Waals surface area contributed by atoms with E-state index < -0.39 is 0 Å². The van der Waals surface area contributed by atoms with E-state index in [0.717, 1.165) is 160 Å². The number of carbonyl (C=O) groups is 3. The Morgan fingerprint density at radius 1 is 0.495 bits per heavy atom. The van der Waals surface area contributed by atoms with Crippen LogP contribution in [0.25, 0.3) is 77.0 Å². The zero-order valence-electron chi connectivity index (χ0n) is 57.6. The SMILES string of the molecule is Cc1c(-c2cc(NCc3ccnc(N4CCC(c5cnc(-c6ccccc6)c(-c6cc(N)c7cnc(NC(=O)[C@H]8C[C@@H]8c8cnn(C)c8)cc7c6)c5C)CC4)c3-c3cc(N)c4cnc(NC(=O)[C@H]5C[C@@H]5c5cnn(C)c5)cc4c3)c3cnc(NC(=O)[C@H]4C[C@@H]4c4cnn(C)c4)cc3c2)ccnc1N. The number of aryl methyl sites for hydroxylation is 3. The van der Waals surface area contributed by atoms with Gasteiger partial charge in [-0.25, -0.2) is 24.9 Å². The Bertz CT molecular complexity index is 5580. The lowest BCUT2D eigenvalue weighted by atomic mass is 9.83. The second-order valence-electron chi connectivity index (χ2n) is 28.3. The fraction of sp³-hybridized carbons (Fsp3) is 0.250. The minimum absolute atomic E-state index is 0.0676. The summed E-state index contributed by atoms with van der Waals surface area (Å²) in [7, 11) is 5.64. The minimum atomic E-state index is -0.188. The van der Waals surface area contributed by atoms with Crippen LogP contribution in [0.2, 0.25) is 0 Å². The fourth-order valence-corrected chi connectivity index (χ4v) is 15.6. The van der Waals surface area contributed by atoms with Crippen LogP contribution >= 0.6 is 0 Å². The molecule has 10 N–H and O–H groups in total. The number of nitrogens with two attached hydrogens (primary N) is 3. The molecule has 514 valence electrons. The highest BCUT2D eigenvalue weighted by Crippen LogP contribution is 2.51. The Balaban J connectivity index is 0.699. The lowest BCUT2D eigenvalue weighted by Crippen LogP contribution is -2.34. The van der Waals surface area contributed by atoms with Crippen molar-refractivity contribution in [2.45, 2.75) is 76.2 Å². The number of carbonyl (C=O) groups excluding carboxylic acids is 3. The van der Waals surface area contributed by atoms with Gasteiger partial charge in [-0.2, -0.15) is 15.3 Å². The van der Waals surface area contributed by atoms with Gasteiger partial charge >= 0.3 is 0 Å². The summed E-state index contributed by atoms with van der Waals surface area (Å²) in [6.45, 7) is 5.86. The number of amides is 3. The highest BCUT2D eigenvalue weighted by atomic mass is 16.2. The molecule has 4 aromatic carbocycles. The molecule has 0 unspecified atom stereocenters. The Labute approximate surface area is 593 Å². The number of pyridine rings is 6. The van der Waals surface area contributed by atoms with Crippen molar-refractivity contribution in [3.8, 4) is 44.6 Å². The first kappa shape index (κ1) is 64.0. The molecule has 9 aromatic heterocycles. The number of hydrogen-bond donors (Lipinski definition) is 7. The van der Waals surface area contributed by atoms with Gasteiger partial charge in [-0.3, -0.25) is 33.4 Å². The Morgan fingerprint density at radius 2 is 0.990 bits per heavy atom. The van der Waals surface area contributed by atoms with Crippen molar-refractivity contribution < 1.29 is 14.4 Å². The Kier molecular flexibility index (Phi) is 15.9. The van der Waals surface area contributed by atoms with Crippen LogP contribution in [0.15, 0.2) is 171 Å². The van der Waals surface area contributed by atoms with E-state index in [1.165, 1.54) is 0 Å². The average molecular weight is 1370 g/mol. The third-order valence-corrected chi connectivity index (χ3v) is 21.4. The smallest absolute Gasteiger partial charge is 0.229 e. The molecule has 0 spiro atoms. The molecular formula is C80H76N20O3. The van der Waals surface area contributed by atoms with Crippen LogP contribution in [0.4, 0.5) is 46.2 Å². The second kappa shape index (κ2) is 25.6. The van der Waals surface area contributed by atoms with Crippen molar-refractivity contribution in [3.05, 3.63) is 210 Å². The third kappa shape index (κ3) is 12.4. The van der Waals surface area contributed by atoms with Crippen molar-refractivity contribution in [1.29, 1.82) is 0 Å². The number of aromatic nitrogens is 12. The third-order valence-electron chi connectivity index (χ3n) is 21.4. The van der Waals surface area contributed by atoms with Crippen LogP contribution in [0.3, 0.4) is 0 Å². The number of hydrogen-bond acceptors (Lipinski definition) is 17. The van der Waals surface area contributed by atoms with E-state index in [1.54, 1.807) is 32.6 Å². The number of anilines is 8. The number of rotatable bonds is 18. The molecular weight excluding hydrogens is 1290 g/mol. The van der Waals surface area contributed by atoms with Crippen LogP contribution in [0, 0.1) is 31.6 Å². The molecule has 23 heteroatoms. The largest absolute Gasteiger partial charge is 0.398 e. The molecule has 10 heterocycles. The van der Waals surface area contributed by atoms with Gasteiger partial charge in [-0.15, -0.1) is 0 Å². The Morgan fingerprint density at radius 3 is 1.51 bits per heavy atom. The second-order valence-corrected chi connectivity index (χ2v) is 28.3. The van der Waals surface area contributed by atoms with E-state index in [0.29, 0.717) is 54.3 Å². The summed E-state index contributed by atoms with van der Waals surface area (Å²) in [5, 5.41) is 31.1. The van der Waals surface area contributed by atoms with Gasteiger partial charge in [0, 0.05) is 164 Å². The number of benzene rings is 4. The summed E-state index contributed by atoms with van der Waals surface area (Å²) in [5.74, 6) is 2.29. The maximum absolute atomic E-state index is 13.8. The number of nitrogens with one attached hydrogen (secondary N) is 4. The summed E-state index contributed by atoms with van der Waals surface area (Å²) in [5.41, 5.74) is 37.0. The van der Waals surface area contributed by atoms with E-state index in [9.17, 15) is 14.4 Å². The van der Waals surface area contributed by atoms with Crippen molar-refractivity contribution in [1.82, 2.24) is 59.2 Å². The standard InChI is InChI=1S/C80H76N20O3/c1-42-63(35-90-75(45-9-7-6-8-10-45)73(42)51-20-48-25-70(87-36-64(48)67(81)22-51)94-78(101)60-28-57(60)53-32-91-97(3)39-53)44-13-17-100(18-14-44)77-74(52-21-49-26-71(88-37-65(49)68(82)23-52)95-79(102)61-29-58(61)54-33-92-98(4)40-54)46(11-15-85-77)31-86-69-24-47(56-12-16-84-76(83)43(56)2)19-50-27-72(89-38-66(50)69)96-80(103)62-30-59(62)55-34-93-99(5)41-55/h6-12,15-16,19-27,32-41,44,57-62,86H,13-14,17-18,28-31,81-82H2,1-5H3,(H2,83,84)(H,87,94,101)(H,88,95,102)(H,89,96,103)/t57-,58-,59-,60+,61+,62+/m1/s1. The quantitative estimate of drug-likeness (QED) is 0.0393. The molecule has 4 fully saturated rings. The minimum Gasteiger partial charge on any atom is -0.398 e. The molecule has 3 aliphatic carbocycles. The lowest BCUT2D eigenvalue weighted by molar-refractivity contribution is -0.118. The molecule has 1 saturated heterocycles. The normalized spacial score (nSPS) is 18.5. The van der Waals surface area contributed by atoms with Gasteiger partial charge in [-0.05, 0) is 214 Å². The summed E-state index contributed by atoms with van der Waals surface area (Å²) in [4.78, 5) is 72.8. The van der Waals surface area contributed by atoms with Crippen LogP contribution in [0.1, 0.15) is 94.7 Å². The number of nitrogen functional groups attached to an aromatic ring is 3. The highest BCUT2D eigenvalue weighted by molar-refractivity contribution is 6.05. The summed E-state index contributed by atoms with van der Waals surface area (Å²) >= 11 is 0. The fourth-order valence-electron chi connectivity index (χ4n) is 15.6. The van der Waals surface area contributed by atoms with E-state index >= 15 is 0 Å². The van der Waals surface area contributed by atoms with Crippen molar-refractivity contribution >= 4 is 96.2 Å². The number of fused-ring (bicyclic) bond motifs is 3. The van der Waals surface area contributed by atoms with Crippen molar-refractivity contribution in [2.75, 3.05) is 56.5 Å². The first-order valence-electron chi connectivity index (χ1n) is 34.9. The zero-order chi connectivity index (χ0) is 70.5. The van der Waals surface area contributed by atoms with Gasteiger partial charge in [-0.1, -0.05) is 30.3 Å². The summed E-state index contributed by atoms with van der Waals surface area (Å²) in [6, 6.07) is 32.5. The average Bonchev–Trinajstić information content (AvgIpc) is 1.76. The van der Waals surface area contributed by atoms with Crippen molar-refractivity contribution in [3.63, 3.8) is 0 Å². The van der Waals surface area contributed by atoms with Crippen LogP contribution in [-0.4, -0.2) is 90.1 Å². The topological polar surface area (TPSA) is 311 Å². The monoisotopic (exact) mass is 1360 g/mol. The molecule has 4 aliphatic rings. The molecule has 3 amide bonds. The van der Waals surface area contributed by atoms with Gasteiger partial charge in [0.15, 0.2) is 0 Å². The first-order valence-corrected chi connectivity index (χ1v) is 34.9. The summed E-state index contributed by atoms with van der Waals surface area (Å²) in [6.07, 6.45) is 26.2. The van der Waals surface area contributed by atoms with E-state index in [-0.39, 0.29) is 59.1 Å². The molecule has 0 radical (unpaired) electrons. The number of nitrogens with zero attached hydrogens (tertiary/aromatic N) is 13. The van der Waals surface area contributed by atoms with Gasteiger partial charge < -0.3 is 43.4 Å². The van der Waals surface area contributed by atoms with E-state index in [2.05, 4.69) is 107 Å². The van der Waals surface area contributed by atoms with Crippen LogP contribution in [-0.2, 0) is 42.1 Å². The lowest BCUT2D eigenvalue weighted by Gasteiger charge is -2.35. The van der Waals surface area contributed by atoms with Crippen LogP contribution < -0.4 is 43.4 Å². The number of piperidine rings is 1. The Hall–Kier alpha value is -12.4. The van der Waals surface area contributed by atoms with Gasteiger partial charge in [0.25, 0.3) is 0 Å². The van der Waals surface area contributed by atoms with Gasteiger partial charge in [0.05, 0.1) is 24.3 Å².